The van der Waals surface area contributed by atoms with E-state index in [2.05, 4.69) is 26.2 Å². The lowest BCUT2D eigenvalue weighted by Gasteiger charge is -2.06. The standard InChI is InChI=1S/C19H15ClN6O2/c1-25-7-21-18-16(25)19(27)26(8-22-18)6-13-23-17(24-28-13)15-11-5-10-9(14(11)15)3-2-4-12(10)20/h2-4,7-8,11,14-15H,5-6H2,1H3/t11-,14+,15+/m0/s1. The van der Waals surface area contributed by atoms with E-state index >= 15 is 0 Å². The van der Waals surface area contributed by atoms with E-state index in [9.17, 15) is 4.79 Å². The Labute approximate surface area is 163 Å². The summed E-state index contributed by atoms with van der Waals surface area (Å²) in [6, 6.07) is 6.08. The first-order chi connectivity index (χ1) is 13.6. The molecule has 3 atom stereocenters. The Kier molecular flexibility index (Phi) is 3.15. The van der Waals surface area contributed by atoms with Crippen molar-refractivity contribution in [1.29, 1.82) is 0 Å². The number of hydrogen-bond donors (Lipinski definition) is 0. The van der Waals surface area contributed by atoms with Crippen LogP contribution in [0.2, 0.25) is 5.02 Å². The maximum Gasteiger partial charge on any atom is 0.280 e. The van der Waals surface area contributed by atoms with E-state index in [1.165, 1.54) is 22.0 Å². The molecule has 9 heteroatoms. The molecule has 6 rings (SSSR count). The van der Waals surface area contributed by atoms with E-state index in [1.807, 2.05) is 12.1 Å². The Hall–Kier alpha value is -3.00. The van der Waals surface area contributed by atoms with Gasteiger partial charge in [0.05, 0.1) is 6.33 Å². The third kappa shape index (κ3) is 2.15. The highest BCUT2D eigenvalue weighted by Crippen LogP contribution is 2.66. The maximum absolute atomic E-state index is 12.7. The van der Waals surface area contributed by atoms with Crippen LogP contribution >= 0.6 is 11.6 Å². The molecule has 0 N–H and O–H groups in total. The van der Waals surface area contributed by atoms with Gasteiger partial charge in [-0.2, -0.15) is 4.98 Å². The molecule has 2 aliphatic rings. The van der Waals surface area contributed by atoms with E-state index in [0.717, 1.165) is 11.4 Å². The van der Waals surface area contributed by atoms with Crippen molar-refractivity contribution >= 4 is 22.8 Å². The summed E-state index contributed by atoms with van der Waals surface area (Å²) in [6.45, 7) is 0.185. The lowest BCUT2D eigenvalue weighted by Crippen LogP contribution is -2.22. The zero-order valence-corrected chi connectivity index (χ0v) is 15.7. The monoisotopic (exact) mass is 394 g/mol. The number of rotatable bonds is 3. The summed E-state index contributed by atoms with van der Waals surface area (Å²) in [5, 5.41) is 5.02. The third-order valence-electron chi connectivity index (χ3n) is 5.91. The summed E-state index contributed by atoms with van der Waals surface area (Å²) in [5.74, 6) is 2.26. The molecule has 0 saturated heterocycles. The fraction of sp³-hybridized carbons (Fsp3) is 0.316. The zero-order chi connectivity index (χ0) is 19.0. The van der Waals surface area contributed by atoms with Gasteiger partial charge in [0, 0.05) is 18.0 Å². The molecule has 8 nitrogen and oxygen atoms in total. The predicted molar refractivity (Wildman–Crippen MR) is 100 cm³/mol. The quantitative estimate of drug-likeness (QED) is 0.529. The fourth-order valence-electron chi connectivity index (χ4n) is 4.54. The first kappa shape index (κ1) is 16.0. The normalized spacial score (nSPS) is 22.4. The molecule has 140 valence electrons. The maximum atomic E-state index is 12.7. The predicted octanol–water partition coefficient (Wildman–Crippen LogP) is 2.27. The van der Waals surface area contributed by atoms with Crippen molar-refractivity contribution in [2.45, 2.75) is 24.8 Å². The van der Waals surface area contributed by atoms with Crippen molar-refractivity contribution in [1.82, 2.24) is 29.2 Å². The van der Waals surface area contributed by atoms with E-state index in [1.54, 1.807) is 17.9 Å². The van der Waals surface area contributed by atoms with Crippen molar-refractivity contribution in [3.8, 4) is 0 Å². The SMILES string of the molecule is Cn1cnc2ncn(Cc3nc([C@@H]4[C@H]5Cc6c(Cl)cccc6[C@H]54)no3)c(=O)c21. The topological polar surface area (TPSA) is 91.6 Å². The van der Waals surface area contributed by atoms with Crippen LogP contribution in [0.3, 0.4) is 0 Å². The second kappa shape index (κ2) is 5.51. The summed E-state index contributed by atoms with van der Waals surface area (Å²) in [5.41, 5.74) is 3.25. The summed E-state index contributed by atoms with van der Waals surface area (Å²) in [7, 11) is 1.77. The van der Waals surface area contributed by atoms with Gasteiger partial charge >= 0.3 is 0 Å². The summed E-state index contributed by atoms with van der Waals surface area (Å²) >= 11 is 6.31. The molecule has 28 heavy (non-hydrogen) atoms. The van der Waals surface area contributed by atoms with Gasteiger partial charge in [0.2, 0.25) is 5.89 Å². The van der Waals surface area contributed by atoms with Crippen LogP contribution < -0.4 is 5.56 Å². The number of halogens is 1. The van der Waals surface area contributed by atoms with Crippen molar-refractivity contribution in [2.75, 3.05) is 0 Å². The molecule has 0 amide bonds. The largest absolute Gasteiger partial charge is 0.337 e. The minimum Gasteiger partial charge on any atom is -0.337 e. The molecular weight excluding hydrogens is 380 g/mol. The molecule has 0 unspecified atom stereocenters. The van der Waals surface area contributed by atoms with Gasteiger partial charge in [0.15, 0.2) is 17.0 Å². The average Bonchev–Trinajstić information content (AvgIpc) is 3.04. The van der Waals surface area contributed by atoms with Gasteiger partial charge < -0.3 is 9.09 Å². The lowest BCUT2D eigenvalue weighted by molar-refractivity contribution is 0.364. The number of aryl methyl sites for hydroxylation is 1. The van der Waals surface area contributed by atoms with Crippen LogP contribution in [0.5, 0.6) is 0 Å². The van der Waals surface area contributed by atoms with Gasteiger partial charge in [-0.3, -0.25) is 9.36 Å². The van der Waals surface area contributed by atoms with Crippen molar-refractivity contribution in [2.24, 2.45) is 13.0 Å². The number of nitrogens with zero attached hydrogens (tertiary/aromatic N) is 6. The smallest absolute Gasteiger partial charge is 0.280 e. The highest BCUT2D eigenvalue weighted by molar-refractivity contribution is 6.31. The second-order valence-electron chi connectivity index (χ2n) is 7.48. The molecular formula is C19H15ClN6O2. The first-order valence-corrected chi connectivity index (χ1v) is 9.46. The Bertz CT molecular complexity index is 1310. The minimum atomic E-state index is -0.184. The molecule has 1 saturated carbocycles. The van der Waals surface area contributed by atoms with Gasteiger partial charge in [0.1, 0.15) is 12.9 Å². The number of aromatic nitrogens is 6. The summed E-state index contributed by atoms with van der Waals surface area (Å²) in [4.78, 5) is 25.5. The molecule has 0 bridgehead atoms. The van der Waals surface area contributed by atoms with Crippen LogP contribution in [-0.4, -0.2) is 29.2 Å². The minimum absolute atomic E-state index is 0.184. The van der Waals surface area contributed by atoms with Crippen LogP contribution in [0.1, 0.15) is 34.7 Å². The van der Waals surface area contributed by atoms with Crippen LogP contribution in [-0.2, 0) is 20.0 Å². The summed E-state index contributed by atoms with van der Waals surface area (Å²) < 4.78 is 8.55. The highest BCUT2D eigenvalue weighted by atomic mass is 35.5. The van der Waals surface area contributed by atoms with Gasteiger partial charge in [0.25, 0.3) is 5.56 Å². The fourth-order valence-corrected chi connectivity index (χ4v) is 4.80. The van der Waals surface area contributed by atoms with Crippen LogP contribution in [0, 0.1) is 5.92 Å². The van der Waals surface area contributed by atoms with E-state index in [-0.39, 0.29) is 18.0 Å². The zero-order valence-electron chi connectivity index (χ0n) is 14.9. The number of benzene rings is 1. The Morgan fingerprint density at radius 2 is 2.11 bits per heavy atom. The number of fused-ring (bicyclic) bond motifs is 4. The molecule has 0 aliphatic heterocycles. The molecule has 1 aromatic carbocycles. The third-order valence-corrected chi connectivity index (χ3v) is 6.26. The van der Waals surface area contributed by atoms with Crippen LogP contribution in [0.4, 0.5) is 0 Å². The van der Waals surface area contributed by atoms with Gasteiger partial charge in [-0.15, -0.1) is 0 Å². The molecule has 3 aromatic heterocycles. The number of imidazole rings is 1. The Morgan fingerprint density at radius 1 is 1.25 bits per heavy atom. The molecule has 3 heterocycles. The molecule has 2 aliphatic carbocycles. The van der Waals surface area contributed by atoms with E-state index in [0.29, 0.717) is 34.7 Å². The first-order valence-electron chi connectivity index (χ1n) is 9.08. The van der Waals surface area contributed by atoms with Gasteiger partial charge in [-0.05, 0) is 35.4 Å². The van der Waals surface area contributed by atoms with Crippen LogP contribution in [0.15, 0.2) is 40.2 Å². The van der Waals surface area contributed by atoms with E-state index < -0.39 is 0 Å². The van der Waals surface area contributed by atoms with E-state index in [4.69, 9.17) is 16.1 Å². The molecule has 0 radical (unpaired) electrons. The Morgan fingerprint density at radius 3 is 3.00 bits per heavy atom. The second-order valence-corrected chi connectivity index (χ2v) is 7.89. The van der Waals surface area contributed by atoms with Gasteiger partial charge in [-0.25, -0.2) is 9.97 Å². The van der Waals surface area contributed by atoms with Gasteiger partial charge in [-0.1, -0.05) is 28.9 Å². The van der Waals surface area contributed by atoms with Crippen LogP contribution in [0.25, 0.3) is 11.2 Å². The molecule has 0 spiro atoms. The Balaban J connectivity index is 1.28. The molecule has 4 aromatic rings. The average molecular weight is 395 g/mol. The number of hydrogen-bond acceptors (Lipinski definition) is 6. The molecule has 1 fully saturated rings. The van der Waals surface area contributed by atoms with Crippen molar-refractivity contribution < 1.29 is 4.52 Å². The lowest BCUT2D eigenvalue weighted by atomic mass is 10.0. The van der Waals surface area contributed by atoms with Crippen molar-refractivity contribution in [3.63, 3.8) is 0 Å². The highest BCUT2D eigenvalue weighted by Gasteiger charge is 2.58. The van der Waals surface area contributed by atoms with Crippen molar-refractivity contribution in [3.05, 3.63) is 69.1 Å². The summed E-state index contributed by atoms with van der Waals surface area (Å²) in [6.07, 6.45) is 3.99.